The van der Waals surface area contributed by atoms with Gasteiger partial charge >= 0.3 is 6.36 Å². The first kappa shape index (κ1) is 15.1. The van der Waals surface area contributed by atoms with Crippen LogP contribution in [0, 0.1) is 13.8 Å². The van der Waals surface area contributed by atoms with Crippen LogP contribution in [0.4, 0.5) is 13.2 Å². The van der Waals surface area contributed by atoms with Gasteiger partial charge in [-0.3, -0.25) is 5.10 Å². The summed E-state index contributed by atoms with van der Waals surface area (Å²) in [4.78, 5) is 4.19. The van der Waals surface area contributed by atoms with Crippen molar-refractivity contribution >= 4 is 0 Å². The standard InChI is InChI=1S/C14H11F3N4O2/c1-7-5-9(3-4-11(7)22-14(15,16)17)12-18-13(23-21-12)10-6-8(2)19-20-10/h3-6H,1-2H3,(H,19,20). The molecule has 120 valence electrons. The lowest BCUT2D eigenvalue weighted by Crippen LogP contribution is -2.17. The van der Waals surface area contributed by atoms with E-state index in [2.05, 4.69) is 25.1 Å². The second-order valence-electron chi connectivity index (χ2n) is 4.89. The van der Waals surface area contributed by atoms with Gasteiger partial charge in [0.15, 0.2) is 5.69 Å². The van der Waals surface area contributed by atoms with Gasteiger partial charge in [-0.25, -0.2) is 0 Å². The van der Waals surface area contributed by atoms with E-state index in [1.165, 1.54) is 25.1 Å². The third-order valence-corrected chi connectivity index (χ3v) is 3.01. The van der Waals surface area contributed by atoms with E-state index in [0.717, 1.165) is 5.69 Å². The van der Waals surface area contributed by atoms with Gasteiger partial charge in [0.05, 0.1) is 0 Å². The molecular formula is C14H11F3N4O2. The molecule has 6 nitrogen and oxygen atoms in total. The molecule has 3 rings (SSSR count). The summed E-state index contributed by atoms with van der Waals surface area (Å²) in [5.41, 5.74) is 2.15. The van der Waals surface area contributed by atoms with Crippen molar-refractivity contribution in [3.63, 3.8) is 0 Å². The molecule has 1 aromatic carbocycles. The molecule has 0 amide bonds. The molecule has 0 aliphatic rings. The van der Waals surface area contributed by atoms with E-state index in [4.69, 9.17) is 4.52 Å². The lowest BCUT2D eigenvalue weighted by atomic mass is 10.1. The highest BCUT2D eigenvalue weighted by Gasteiger charge is 2.31. The lowest BCUT2D eigenvalue weighted by Gasteiger charge is -2.11. The minimum Gasteiger partial charge on any atom is -0.406 e. The smallest absolute Gasteiger partial charge is 0.406 e. The number of hydrogen-bond donors (Lipinski definition) is 1. The average molecular weight is 324 g/mol. The van der Waals surface area contributed by atoms with Crippen LogP contribution in [-0.4, -0.2) is 26.7 Å². The molecule has 0 radical (unpaired) electrons. The number of benzene rings is 1. The highest BCUT2D eigenvalue weighted by molar-refractivity contribution is 5.60. The zero-order valence-electron chi connectivity index (χ0n) is 12.1. The van der Waals surface area contributed by atoms with Gasteiger partial charge < -0.3 is 9.26 Å². The van der Waals surface area contributed by atoms with Crippen molar-refractivity contribution in [2.75, 3.05) is 0 Å². The molecule has 2 aromatic heterocycles. The van der Waals surface area contributed by atoms with Gasteiger partial charge in [-0.05, 0) is 43.7 Å². The molecule has 3 aromatic rings. The zero-order valence-corrected chi connectivity index (χ0v) is 12.1. The summed E-state index contributed by atoms with van der Waals surface area (Å²) >= 11 is 0. The number of aromatic amines is 1. The van der Waals surface area contributed by atoms with Crippen molar-refractivity contribution in [1.82, 2.24) is 20.3 Å². The molecular weight excluding hydrogens is 313 g/mol. The fourth-order valence-electron chi connectivity index (χ4n) is 2.00. The Morgan fingerprint density at radius 2 is 1.96 bits per heavy atom. The SMILES string of the molecule is Cc1cc(-c2nc(-c3ccc(OC(F)(F)F)c(C)c3)no2)n[nH]1. The van der Waals surface area contributed by atoms with Crippen molar-refractivity contribution in [2.24, 2.45) is 0 Å². The topological polar surface area (TPSA) is 76.8 Å². The predicted molar refractivity (Wildman–Crippen MR) is 73.5 cm³/mol. The molecule has 0 bridgehead atoms. The van der Waals surface area contributed by atoms with Gasteiger partial charge in [0.2, 0.25) is 5.82 Å². The number of aryl methyl sites for hydroxylation is 2. The quantitative estimate of drug-likeness (QED) is 0.796. The van der Waals surface area contributed by atoms with Crippen LogP contribution in [0.5, 0.6) is 5.75 Å². The summed E-state index contributed by atoms with van der Waals surface area (Å²) in [6.07, 6.45) is -4.73. The first-order chi connectivity index (χ1) is 10.8. The van der Waals surface area contributed by atoms with Gasteiger partial charge in [0.1, 0.15) is 5.75 Å². The molecule has 0 aliphatic heterocycles. The van der Waals surface area contributed by atoms with E-state index < -0.39 is 6.36 Å². The van der Waals surface area contributed by atoms with Gasteiger partial charge in [0, 0.05) is 11.3 Å². The first-order valence-corrected chi connectivity index (χ1v) is 6.55. The fourth-order valence-corrected chi connectivity index (χ4v) is 2.00. The Bertz CT molecular complexity index is 839. The Morgan fingerprint density at radius 3 is 2.57 bits per heavy atom. The number of nitrogens with zero attached hydrogens (tertiary/aromatic N) is 3. The highest BCUT2D eigenvalue weighted by Crippen LogP contribution is 2.29. The molecule has 9 heteroatoms. The number of aromatic nitrogens is 4. The van der Waals surface area contributed by atoms with Gasteiger partial charge in [-0.2, -0.15) is 10.1 Å². The van der Waals surface area contributed by atoms with Gasteiger partial charge in [0.25, 0.3) is 5.89 Å². The molecule has 2 heterocycles. The Balaban J connectivity index is 1.88. The zero-order chi connectivity index (χ0) is 16.6. The summed E-state index contributed by atoms with van der Waals surface area (Å²) in [7, 11) is 0. The maximum Gasteiger partial charge on any atom is 0.573 e. The molecule has 0 spiro atoms. The fraction of sp³-hybridized carbons (Fsp3) is 0.214. The van der Waals surface area contributed by atoms with Crippen molar-refractivity contribution in [2.45, 2.75) is 20.2 Å². The molecule has 0 saturated carbocycles. The Labute approximate surface area is 128 Å². The minimum atomic E-state index is -4.73. The third kappa shape index (κ3) is 3.33. The highest BCUT2D eigenvalue weighted by atomic mass is 19.4. The number of alkyl halides is 3. The number of rotatable bonds is 3. The first-order valence-electron chi connectivity index (χ1n) is 6.55. The van der Waals surface area contributed by atoms with Gasteiger partial charge in [-0.15, -0.1) is 13.2 Å². The monoisotopic (exact) mass is 324 g/mol. The van der Waals surface area contributed by atoms with Crippen LogP contribution in [0.3, 0.4) is 0 Å². The summed E-state index contributed by atoms with van der Waals surface area (Å²) < 4.78 is 45.8. The van der Waals surface area contributed by atoms with Crippen LogP contribution in [0.2, 0.25) is 0 Å². The van der Waals surface area contributed by atoms with E-state index in [1.807, 2.05) is 6.92 Å². The average Bonchev–Trinajstić information content (AvgIpc) is 3.08. The van der Waals surface area contributed by atoms with E-state index in [0.29, 0.717) is 16.8 Å². The predicted octanol–water partition coefficient (Wildman–Crippen LogP) is 3.64. The van der Waals surface area contributed by atoms with Crippen molar-refractivity contribution in [1.29, 1.82) is 0 Å². The summed E-state index contributed by atoms with van der Waals surface area (Å²) in [5, 5.41) is 10.6. The van der Waals surface area contributed by atoms with E-state index in [-0.39, 0.29) is 17.5 Å². The van der Waals surface area contributed by atoms with Crippen LogP contribution < -0.4 is 4.74 Å². The Kier molecular flexibility index (Phi) is 3.55. The molecule has 0 unspecified atom stereocenters. The van der Waals surface area contributed by atoms with Crippen LogP contribution in [-0.2, 0) is 0 Å². The van der Waals surface area contributed by atoms with E-state index in [9.17, 15) is 13.2 Å². The van der Waals surface area contributed by atoms with Crippen LogP contribution in [0.25, 0.3) is 23.0 Å². The summed E-state index contributed by atoms with van der Waals surface area (Å²) in [6, 6.07) is 5.87. The largest absolute Gasteiger partial charge is 0.573 e. The Hall–Kier alpha value is -2.84. The number of halogens is 3. The minimum absolute atomic E-state index is 0.220. The number of hydrogen-bond acceptors (Lipinski definition) is 5. The number of nitrogens with one attached hydrogen (secondary N) is 1. The van der Waals surface area contributed by atoms with E-state index in [1.54, 1.807) is 6.07 Å². The number of H-pyrrole nitrogens is 1. The third-order valence-electron chi connectivity index (χ3n) is 3.01. The van der Waals surface area contributed by atoms with Crippen molar-refractivity contribution < 1.29 is 22.4 Å². The molecule has 0 saturated heterocycles. The van der Waals surface area contributed by atoms with Crippen molar-refractivity contribution in [3.05, 3.63) is 35.5 Å². The van der Waals surface area contributed by atoms with Crippen LogP contribution in [0.15, 0.2) is 28.8 Å². The second-order valence-corrected chi connectivity index (χ2v) is 4.89. The Morgan fingerprint density at radius 1 is 1.17 bits per heavy atom. The van der Waals surface area contributed by atoms with Crippen LogP contribution in [0.1, 0.15) is 11.3 Å². The maximum atomic E-state index is 12.3. The molecule has 1 N–H and O–H groups in total. The normalized spacial score (nSPS) is 11.7. The van der Waals surface area contributed by atoms with Crippen molar-refractivity contribution in [3.8, 4) is 28.7 Å². The van der Waals surface area contributed by atoms with Gasteiger partial charge in [-0.1, -0.05) is 5.16 Å². The summed E-state index contributed by atoms with van der Waals surface area (Å²) in [5.74, 6) is 0.202. The molecule has 0 atom stereocenters. The molecule has 23 heavy (non-hydrogen) atoms. The lowest BCUT2D eigenvalue weighted by molar-refractivity contribution is -0.274. The molecule has 0 fully saturated rings. The molecule has 0 aliphatic carbocycles. The number of ether oxygens (including phenoxy) is 1. The van der Waals surface area contributed by atoms with E-state index >= 15 is 0 Å². The van der Waals surface area contributed by atoms with Crippen LogP contribution >= 0.6 is 0 Å². The summed E-state index contributed by atoms with van der Waals surface area (Å²) in [6.45, 7) is 3.33. The second kappa shape index (κ2) is 5.41. The maximum absolute atomic E-state index is 12.3.